The van der Waals surface area contributed by atoms with Gasteiger partial charge in [0, 0.05) is 17.8 Å². The average molecular weight is 372 g/mol. The van der Waals surface area contributed by atoms with Crippen LogP contribution in [-0.4, -0.2) is 53.6 Å². The first-order chi connectivity index (χ1) is 13.0. The molecule has 1 atom stereocenters. The number of ether oxygens (including phenoxy) is 1. The molecule has 2 amide bonds. The molecule has 1 unspecified atom stereocenters. The van der Waals surface area contributed by atoms with Gasteiger partial charge in [-0.1, -0.05) is 6.07 Å². The highest BCUT2D eigenvalue weighted by Crippen LogP contribution is 2.21. The molecule has 0 bridgehead atoms. The molecule has 0 spiro atoms. The molecule has 8 heteroatoms. The number of nitrogens with zero attached hydrogens (tertiary/aromatic N) is 1. The van der Waals surface area contributed by atoms with E-state index in [0.717, 1.165) is 5.56 Å². The minimum Gasteiger partial charge on any atom is -0.481 e. The van der Waals surface area contributed by atoms with E-state index in [4.69, 9.17) is 14.3 Å². The Bertz CT molecular complexity index is 846. The number of carboxylic acids is 1. The van der Waals surface area contributed by atoms with Crippen molar-refractivity contribution in [2.75, 3.05) is 25.1 Å². The van der Waals surface area contributed by atoms with Gasteiger partial charge in [0.1, 0.15) is 0 Å². The first-order valence-corrected chi connectivity index (χ1v) is 8.51. The molecule has 3 rings (SSSR count). The fraction of sp³-hybridized carbons (Fsp3) is 0.316. The molecule has 0 saturated carbocycles. The number of anilines is 1. The molecule has 1 fully saturated rings. The zero-order valence-electron chi connectivity index (χ0n) is 14.8. The number of carboxylic acid groups (broad SMARTS) is 1. The lowest BCUT2D eigenvalue weighted by Gasteiger charge is -2.35. The van der Waals surface area contributed by atoms with Gasteiger partial charge in [-0.3, -0.25) is 14.4 Å². The molecule has 2 N–H and O–H groups in total. The van der Waals surface area contributed by atoms with Gasteiger partial charge in [-0.2, -0.15) is 0 Å². The largest absolute Gasteiger partial charge is 0.481 e. The summed E-state index contributed by atoms with van der Waals surface area (Å²) in [5.74, 6) is -1.53. The number of carbonyl (C=O) groups excluding carboxylic acids is 2. The second-order valence-corrected chi connectivity index (χ2v) is 6.29. The fourth-order valence-electron chi connectivity index (χ4n) is 2.94. The summed E-state index contributed by atoms with van der Waals surface area (Å²) in [4.78, 5) is 37.7. The van der Waals surface area contributed by atoms with E-state index >= 15 is 0 Å². The molecule has 1 aromatic heterocycles. The van der Waals surface area contributed by atoms with E-state index in [1.165, 1.54) is 11.2 Å². The quantitative estimate of drug-likeness (QED) is 0.832. The second-order valence-electron chi connectivity index (χ2n) is 6.29. The Balaban J connectivity index is 1.80. The van der Waals surface area contributed by atoms with Crippen LogP contribution >= 0.6 is 0 Å². The zero-order chi connectivity index (χ0) is 19.4. The molecule has 142 valence electrons. The van der Waals surface area contributed by atoms with Crippen LogP contribution in [0.25, 0.3) is 0 Å². The fourth-order valence-corrected chi connectivity index (χ4v) is 2.94. The molecule has 8 nitrogen and oxygen atoms in total. The van der Waals surface area contributed by atoms with Gasteiger partial charge in [0.15, 0.2) is 5.76 Å². The Morgan fingerprint density at radius 1 is 1.30 bits per heavy atom. The van der Waals surface area contributed by atoms with Crippen LogP contribution in [0.5, 0.6) is 0 Å². The number of hydrogen-bond donors (Lipinski definition) is 2. The van der Waals surface area contributed by atoms with E-state index in [2.05, 4.69) is 5.32 Å². The van der Waals surface area contributed by atoms with Gasteiger partial charge in [0.05, 0.1) is 31.9 Å². The molecular formula is C19H20N2O6. The lowest BCUT2D eigenvalue weighted by molar-refractivity contribution is -0.139. The van der Waals surface area contributed by atoms with Crippen LogP contribution in [0.1, 0.15) is 32.9 Å². The summed E-state index contributed by atoms with van der Waals surface area (Å²) in [7, 11) is 0. The van der Waals surface area contributed by atoms with Gasteiger partial charge in [-0.15, -0.1) is 0 Å². The van der Waals surface area contributed by atoms with Crippen molar-refractivity contribution in [3.63, 3.8) is 0 Å². The SMILES string of the molecule is Cc1ccc(C(=O)N2CCOCC2CC(=O)O)cc1NC(=O)c1ccco1. The molecule has 1 aromatic carbocycles. The van der Waals surface area contributed by atoms with Crippen LogP contribution in [0, 0.1) is 6.92 Å². The maximum absolute atomic E-state index is 12.9. The first kappa shape index (κ1) is 18.7. The van der Waals surface area contributed by atoms with Gasteiger partial charge < -0.3 is 24.5 Å². The molecule has 1 aliphatic heterocycles. The van der Waals surface area contributed by atoms with Crippen molar-refractivity contribution in [3.05, 3.63) is 53.5 Å². The highest BCUT2D eigenvalue weighted by atomic mass is 16.5. The Kier molecular flexibility index (Phi) is 5.56. The van der Waals surface area contributed by atoms with Gasteiger partial charge in [0.25, 0.3) is 11.8 Å². The Hall–Kier alpha value is -3.13. The lowest BCUT2D eigenvalue weighted by Crippen LogP contribution is -2.49. The molecule has 0 radical (unpaired) electrons. The number of aliphatic carboxylic acids is 1. The molecule has 2 heterocycles. The number of carbonyl (C=O) groups is 3. The predicted molar refractivity (Wildman–Crippen MR) is 95.7 cm³/mol. The number of hydrogen-bond acceptors (Lipinski definition) is 5. The van der Waals surface area contributed by atoms with Crippen molar-refractivity contribution in [1.29, 1.82) is 0 Å². The van der Waals surface area contributed by atoms with Gasteiger partial charge in [-0.25, -0.2) is 0 Å². The van der Waals surface area contributed by atoms with Gasteiger partial charge in [0.2, 0.25) is 0 Å². The number of benzene rings is 1. The second kappa shape index (κ2) is 8.05. The first-order valence-electron chi connectivity index (χ1n) is 8.51. The third kappa shape index (κ3) is 4.35. The monoisotopic (exact) mass is 372 g/mol. The van der Waals surface area contributed by atoms with Crippen LogP contribution in [0.3, 0.4) is 0 Å². The van der Waals surface area contributed by atoms with Gasteiger partial charge >= 0.3 is 5.97 Å². The Morgan fingerprint density at radius 2 is 2.11 bits per heavy atom. The summed E-state index contributed by atoms with van der Waals surface area (Å²) < 4.78 is 10.4. The van der Waals surface area contributed by atoms with Crippen LogP contribution in [0.15, 0.2) is 41.0 Å². The number of amides is 2. The van der Waals surface area contributed by atoms with E-state index in [1.807, 2.05) is 6.92 Å². The van der Waals surface area contributed by atoms with Crippen LogP contribution < -0.4 is 5.32 Å². The maximum atomic E-state index is 12.9. The molecule has 1 aliphatic rings. The highest BCUT2D eigenvalue weighted by molar-refractivity contribution is 6.04. The number of nitrogens with one attached hydrogen (secondary N) is 1. The van der Waals surface area contributed by atoms with Crippen molar-refractivity contribution in [2.24, 2.45) is 0 Å². The third-order valence-corrected chi connectivity index (χ3v) is 4.38. The third-order valence-electron chi connectivity index (χ3n) is 4.38. The summed E-state index contributed by atoms with van der Waals surface area (Å²) in [6.45, 7) is 2.68. The molecular weight excluding hydrogens is 352 g/mol. The van der Waals surface area contributed by atoms with Crippen molar-refractivity contribution >= 4 is 23.5 Å². The summed E-state index contributed by atoms with van der Waals surface area (Å²) >= 11 is 0. The summed E-state index contributed by atoms with van der Waals surface area (Å²) in [5.41, 5.74) is 1.65. The maximum Gasteiger partial charge on any atom is 0.305 e. The van der Waals surface area contributed by atoms with E-state index in [1.54, 1.807) is 30.3 Å². The number of rotatable bonds is 5. The summed E-state index contributed by atoms with van der Waals surface area (Å²) in [5, 5.41) is 11.8. The zero-order valence-corrected chi connectivity index (χ0v) is 14.8. The standard InChI is InChI=1S/C19H20N2O6/c1-12-4-5-13(9-15(12)20-18(24)16-3-2-7-27-16)19(25)21-6-8-26-11-14(21)10-17(22)23/h2-5,7,9,14H,6,8,10-11H2,1H3,(H,20,24)(H,22,23). The number of morpholine rings is 1. The van der Waals surface area contributed by atoms with Crippen LogP contribution in [-0.2, 0) is 9.53 Å². The summed E-state index contributed by atoms with van der Waals surface area (Å²) in [6.07, 6.45) is 1.22. The van der Waals surface area contributed by atoms with Crippen molar-refractivity contribution in [1.82, 2.24) is 4.90 Å². The van der Waals surface area contributed by atoms with Crippen LogP contribution in [0.2, 0.25) is 0 Å². The Labute approximate surface area is 155 Å². The lowest BCUT2D eigenvalue weighted by atomic mass is 10.1. The predicted octanol–water partition coefficient (Wildman–Crippen LogP) is 2.16. The van der Waals surface area contributed by atoms with E-state index in [9.17, 15) is 14.4 Å². The normalized spacial score (nSPS) is 16.8. The molecule has 2 aromatic rings. The minimum atomic E-state index is -0.987. The van der Waals surface area contributed by atoms with E-state index in [0.29, 0.717) is 24.4 Å². The number of furan rings is 1. The Morgan fingerprint density at radius 3 is 2.81 bits per heavy atom. The minimum absolute atomic E-state index is 0.167. The molecule has 27 heavy (non-hydrogen) atoms. The van der Waals surface area contributed by atoms with E-state index < -0.39 is 17.9 Å². The molecule has 1 saturated heterocycles. The van der Waals surface area contributed by atoms with E-state index in [-0.39, 0.29) is 24.7 Å². The summed E-state index contributed by atoms with van der Waals surface area (Å²) in [6, 6.07) is 7.62. The highest BCUT2D eigenvalue weighted by Gasteiger charge is 2.30. The van der Waals surface area contributed by atoms with Crippen molar-refractivity contribution in [3.8, 4) is 0 Å². The molecule has 0 aliphatic carbocycles. The smallest absolute Gasteiger partial charge is 0.305 e. The average Bonchev–Trinajstić information content (AvgIpc) is 3.18. The van der Waals surface area contributed by atoms with Gasteiger partial charge in [-0.05, 0) is 36.8 Å². The van der Waals surface area contributed by atoms with Crippen molar-refractivity contribution < 1.29 is 28.6 Å². The van der Waals surface area contributed by atoms with Crippen molar-refractivity contribution in [2.45, 2.75) is 19.4 Å². The topological polar surface area (TPSA) is 109 Å². The van der Waals surface area contributed by atoms with Crippen LogP contribution in [0.4, 0.5) is 5.69 Å². The number of aryl methyl sites for hydroxylation is 1.